The first-order valence-electron chi connectivity index (χ1n) is 6.78. The van der Waals surface area contributed by atoms with Gasteiger partial charge in [-0.1, -0.05) is 66.7 Å². The highest BCUT2D eigenvalue weighted by Gasteiger charge is 2.12. The van der Waals surface area contributed by atoms with E-state index >= 15 is 0 Å². The summed E-state index contributed by atoms with van der Waals surface area (Å²) in [5.74, 6) is 0.903. The van der Waals surface area contributed by atoms with Crippen molar-refractivity contribution >= 4 is 22.6 Å². The molecular weight excluding hydrogens is 371 g/mol. The van der Waals surface area contributed by atoms with Crippen molar-refractivity contribution in [1.82, 2.24) is 0 Å². The highest BCUT2D eigenvalue weighted by Crippen LogP contribution is 2.37. The molecule has 0 bridgehead atoms. The zero-order chi connectivity index (χ0) is 14.7. The lowest BCUT2D eigenvalue weighted by molar-refractivity contribution is 0.416. The van der Waals surface area contributed by atoms with Gasteiger partial charge in [0.1, 0.15) is 5.75 Å². The Morgan fingerprint density at radius 1 is 0.667 bits per heavy atom. The van der Waals surface area contributed by atoms with Crippen molar-refractivity contribution < 1.29 is 4.74 Å². The number of ether oxygens (including phenoxy) is 1. The lowest BCUT2D eigenvalue weighted by atomic mass is 9.98. The summed E-state index contributed by atoms with van der Waals surface area (Å²) in [5.41, 5.74) is 4.81. The number of hydrogen-bond acceptors (Lipinski definition) is 1. The number of para-hydroxylation sites is 1. The van der Waals surface area contributed by atoms with E-state index in [9.17, 15) is 0 Å². The van der Waals surface area contributed by atoms with Crippen LogP contribution >= 0.6 is 22.6 Å². The maximum Gasteiger partial charge on any atom is 0.126 e. The van der Waals surface area contributed by atoms with Crippen molar-refractivity contribution in [2.75, 3.05) is 7.11 Å². The summed E-state index contributed by atoms with van der Waals surface area (Å²) in [6.45, 7) is 0. The van der Waals surface area contributed by atoms with E-state index in [4.69, 9.17) is 4.74 Å². The molecule has 3 aromatic carbocycles. The summed E-state index contributed by atoms with van der Waals surface area (Å²) in [7, 11) is 1.72. The van der Waals surface area contributed by atoms with Crippen molar-refractivity contribution in [2.24, 2.45) is 0 Å². The zero-order valence-electron chi connectivity index (χ0n) is 11.7. The van der Waals surface area contributed by atoms with Gasteiger partial charge in [0.05, 0.1) is 7.11 Å². The highest BCUT2D eigenvalue weighted by molar-refractivity contribution is 14.1. The van der Waals surface area contributed by atoms with E-state index < -0.39 is 0 Å². The van der Waals surface area contributed by atoms with E-state index in [2.05, 4.69) is 71.1 Å². The molecule has 0 aromatic heterocycles. The van der Waals surface area contributed by atoms with Gasteiger partial charge in [-0.05, 0) is 45.3 Å². The van der Waals surface area contributed by atoms with Gasteiger partial charge in [0, 0.05) is 9.13 Å². The summed E-state index contributed by atoms with van der Waals surface area (Å²) in [6, 6.07) is 25.0. The first-order chi connectivity index (χ1) is 10.3. The molecule has 0 saturated heterocycles. The molecule has 0 N–H and O–H groups in total. The van der Waals surface area contributed by atoms with Gasteiger partial charge in [-0.25, -0.2) is 0 Å². The SMILES string of the molecule is COc1ccccc1-c1cccc(-c2ccccc2)c1I. The Balaban J connectivity index is 2.18. The molecule has 1 nitrogen and oxygen atoms in total. The Hall–Kier alpha value is -1.81. The third-order valence-corrected chi connectivity index (χ3v) is 4.64. The predicted molar refractivity (Wildman–Crippen MR) is 96.6 cm³/mol. The van der Waals surface area contributed by atoms with Crippen LogP contribution in [0.1, 0.15) is 0 Å². The van der Waals surface area contributed by atoms with Crippen LogP contribution in [0, 0.1) is 3.57 Å². The van der Waals surface area contributed by atoms with Gasteiger partial charge in [-0.2, -0.15) is 0 Å². The molecule has 2 heteroatoms. The lowest BCUT2D eigenvalue weighted by Crippen LogP contribution is -1.91. The van der Waals surface area contributed by atoms with Gasteiger partial charge in [-0.3, -0.25) is 0 Å². The van der Waals surface area contributed by atoms with Gasteiger partial charge in [0.2, 0.25) is 0 Å². The maximum atomic E-state index is 5.50. The number of benzene rings is 3. The van der Waals surface area contributed by atoms with Crippen LogP contribution in [0.15, 0.2) is 72.8 Å². The van der Waals surface area contributed by atoms with Gasteiger partial charge in [0.15, 0.2) is 0 Å². The van der Waals surface area contributed by atoms with Crippen molar-refractivity contribution in [2.45, 2.75) is 0 Å². The molecule has 0 unspecified atom stereocenters. The molecule has 0 aliphatic rings. The van der Waals surface area contributed by atoms with E-state index in [1.54, 1.807) is 7.11 Å². The van der Waals surface area contributed by atoms with E-state index in [-0.39, 0.29) is 0 Å². The van der Waals surface area contributed by atoms with Crippen LogP contribution in [0.2, 0.25) is 0 Å². The zero-order valence-corrected chi connectivity index (χ0v) is 13.9. The summed E-state index contributed by atoms with van der Waals surface area (Å²) < 4.78 is 6.74. The molecule has 3 aromatic rings. The lowest BCUT2D eigenvalue weighted by Gasteiger charge is -2.13. The minimum absolute atomic E-state index is 0.903. The van der Waals surface area contributed by atoms with Crippen molar-refractivity contribution in [3.8, 4) is 28.0 Å². The van der Waals surface area contributed by atoms with E-state index in [1.165, 1.54) is 20.3 Å². The molecule has 0 saturated carbocycles. The Morgan fingerprint density at radius 2 is 1.29 bits per heavy atom. The standard InChI is InChI=1S/C19H15IO/c1-21-18-13-6-5-10-16(18)17-12-7-11-15(19(17)20)14-8-3-2-4-9-14/h2-13H,1H3. The largest absolute Gasteiger partial charge is 0.496 e. The summed E-state index contributed by atoms with van der Waals surface area (Å²) >= 11 is 2.43. The van der Waals surface area contributed by atoms with Gasteiger partial charge in [-0.15, -0.1) is 0 Å². The molecule has 0 aliphatic carbocycles. The molecule has 104 valence electrons. The molecule has 0 fully saturated rings. The van der Waals surface area contributed by atoms with Crippen LogP contribution in [-0.2, 0) is 0 Å². The fourth-order valence-corrected chi connectivity index (χ4v) is 3.41. The number of rotatable bonds is 3. The molecule has 0 atom stereocenters. The Kier molecular flexibility index (Phi) is 4.25. The first-order valence-corrected chi connectivity index (χ1v) is 7.86. The third-order valence-electron chi connectivity index (χ3n) is 3.48. The first kappa shape index (κ1) is 14.1. The average Bonchev–Trinajstić information content (AvgIpc) is 2.56. The Morgan fingerprint density at radius 3 is 2.05 bits per heavy atom. The van der Waals surface area contributed by atoms with Crippen molar-refractivity contribution in [1.29, 1.82) is 0 Å². The van der Waals surface area contributed by atoms with Crippen molar-refractivity contribution in [3.05, 3.63) is 76.4 Å². The van der Waals surface area contributed by atoms with Crippen LogP contribution < -0.4 is 4.74 Å². The highest BCUT2D eigenvalue weighted by atomic mass is 127. The number of halogens is 1. The van der Waals surface area contributed by atoms with Crippen LogP contribution in [-0.4, -0.2) is 7.11 Å². The molecule has 0 spiro atoms. The maximum absolute atomic E-state index is 5.50. The third kappa shape index (κ3) is 2.81. The second-order valence-electron chi connectivity index (χ2n) is 4.73. The molecule has 0 radical (unpaired) electrons. The molecule has 3 rings (SSSR count). The minimum Gasteiger partial charge on any atom is -0.496 e. The topological polar surface area (TPSA) is 9.23 Å². The molecule has 0 aliphatic heterocycles. The van der Waals surface area contributed by atoms with Crippen LogP contribution in [0.5, 0.6) is 5.75 Å². The molecular formula is C19H15IO. The average molecular weight is 386 g/mol. The van der Waals surface area contributed by atoms with Gasteiger partial charge < -0.3 is 4.74 Å². The minimum atomic E-state index is 0.903. The molecule has 21 heavy (non-hydrogen) atoms. The summed E-state index contributed by atoms with van der Waals surface area (Å²) in [4.78, 5) is 0. The predicted octanol–water partition coefficient (Wildman–Crippen LogP) is 5.63. The van der Waals surface area contributed by atoms with Crippen LogP contribution in [0.4, 0.5) is 0 Å². The van der Waals surface area contributed by atoms with Crippen LogP contribution in [0.25, 0.3) is 22.3 Å². The normalized spacial score (nSPS) is 10.4. The fourth-order valence-electron chi connectivity index (χ4n) is 2.45. The summed E-state index contributed by atoms with van der Waals surface area (Å²) in [6.07, 6.45) is 0. The smallest absolute Gasteiger partial charge is 0.126 e. The van der Waals surface area contributed by atoms with Gasteiger partial charge >= 0.3 is 0 Å². The quantitative estimate of drug-likeness (QED) is 0.530. The Bertz CT molecular complexity index is 751. The van der Waals surface area contributed by atoms with E-state index in [0.717, 1.165) is 11.3 Å². The van der Waals surface area contributed by atoms with Crippen LogP contribution in [0.3, 0.4) is 0 Å². The fraction of sp³-hybridized carbons (Fsp3) is 0.0526. The second-order valence-corrected chi connectivity index (χ2v) is 5.81. The second kappa shape index (κ2) is 6.31. The van der Waals surface area contributed by atoms with E-state index in [0.29, 0.717) is 0 Å². The van der Waals surface area contributed by atoms with Gasteiger partial charge in [0.25, 0.3) is 0 Å². The summed E-state index contributed by atoms with van der Waals surface area (Å²) in [5, 5.41) is 0. The Labute approximate surface area is 138 Å². The van der Waals surface area contributed by atoms with Crippen molar-refractivity contribution in [3.63, 3.8) is 0 Å². The van der Waals surface area contributed by atoms with E-state index in [1.807, 2.05) is 24.3 Å². The number of hydrogen-bond donors (Lipinski definition) is 0. The monoisotopic (exact) mass is 386 g/mol. The number of methoxy groups -OCH3 is 1. The molecule has 0 heterocycles. The molecule has 0 amide bonds.